The van der Waals surface area contributed by atoms with E-state index in [1.54, 1.807) is 6.07 Å². The Labute approximate surface area is 166 Å². The van der Waals surface area contributed by atoms with Crippen LogP contribution < -0.4 is 5.32 Å². The summed E-state index contributed by atoms with van der Waals surface area (Å²) in [6, 6.07) is 5.49. The number of amides is 1. The summed E-state index contributed by atoms with van der Waals surface area (Å²) in [7, 11) is 0. The molecular weight excluding hydrogens is 564 g/mol. The Morgan fingerprint density at radius 1 is 1.26 bits per heavy atom. The van der Waals surface area contributed by atoms with Crippen LogP contribution in [0.15, 0.2) is 38.4 Å². The molecule has 122 valence electrons. The Morgan fingerprint density at radius 2 is 1.96 bits per heavy atom. The van der Waals surface area contributed by atoms with Crippen LogP contribution in [0.1, 0.15) is 5.56 Å². The van der Waals surface area contributed by atoms with Gasteiger partial charge in [-0.2, -0.15) is 0 Å². The number of aryl methyl sites for hydroxylation is 1. The first-order chi connectivity index (χ1) is 10.8. The van der Waals surface area contributed by atoms with Crippen molar-refractivity contribution >= 4 is 87.0 Å². The number of anilines is 1. The third-order valence-electron chi connectivity index (χ3n) is 2.90. The van der Waals surface area contributed by atoms with Gasteiger partial charge in [-0.25, -0.2) is 4.79 Å². The van der Waals surface area contributed by atoms with Crippen molar-refractivity contribution in [2.24, 2.45) is 5.16 Å². The smallest absolute Gasteiger partial charge is 0.297 e. The van der Waals surface area contributed by atoms with Crippen molar-refractivity contribution in [3.63, 3.8) is 0 Å². The van der Waals surface area contributed by atoms with E-state index in [0.717, 1.165) is 10.0 Å². The minimum absolute atomic E-state index is 0.112. The van der Waals surface area contributed by atoms with Crippen molar-refractivity contribution < 1.29 is 14.4 Å². The number of carbonyl (C=O) groups excluding carboxylic acids is 2. The second-order valence-corrected chi connectivity index (χ2v) is 8.34. The predicted octanol–water partition coefficient (Wildman–Crippen LogP) is 5.05. The maximum Gasteiger partial charge on any atom is 0.437 e. The van der Waals surface area contributed by atoms with Crippen LogP contribution in [0, 0.1) is 6.92 Å². The van der Waals surface area contributed by atoms with Gasteiger partial charge in [-0.05, 0) is 62.6 Å². The molecule has 1 N–H and O–H groups in total. The average Bonchev–Trinajstić information content (AvgIpc) is 2.50. The molecule has 0 aromatic heterocycles. The zero-order chi connectivity index (χ0) is 17.1. The Morgan fingerprint density at radius 3 is 2.61 bits per heavy atom. The SMILES string of the molecule is Cc1ccc(NC(=O)ON=C2C=C(Br)C(=O)C(Br)C2Br)c(Br)c1. The molecule has 0 heterocycles. The second kappa shape index (κ2) is 8.04. The Bertz CT molecular complexity index is 718. The summed E-state index contributed by atoms with van der Waals surface area (Å²) >= 11 is 13.1. The first kappa shape index (κ1) is 18.8. The molecule has 5 nitrogen and oxygen atoms in total. The number of nitrogens with one attached hydrogen (secondary N) is 1. The maximum absolute atomic E-state index is 11.8. The van der Waals surface area contributed by atoms with E-state index in [4.69, 9.17) is 4.84 Å². The summed E-state index contributed by atoms with van der Waals surface area (Å²) in [6.07, 6.45) is 0.781. The molecular formula is C14H10Br4N2O3. The molecule has 0 saturated heterocycles. The van der Waals surface area contributed by atoms with E-state index in [0.29, 0.717) is 15.9 Å². The van der Waals surface area contributed by atoms with E-state index in [1.165, 1.54) is 6.08 Å². The lowest BCUT2D eigenvalue weighted by Crippen LogP contribution is -2.35. The first-order valence-corrected chi connectivity index (χ1v) is 9.73. The Hall–Kier alpha value is -0.510. The first-order valence-electron chi connectivity index (χ1n) is 6.31. The van der Waals surface area contributed by atoms with Crippen LogP contribution in [0.25, 0.3) is 0 Å². The number of benzene rings is 1. The lowest BCUT2D eigenvalue weighted by molar-refractivity contribution is -0.114. The molecule has 2 unspecified atom stereocenters. The van der Waals surface area contributed by atoms with E-state index in [1.807, 2.05) is 19.1 Å². The molecule has 2 rings (SSSR count). The standard InChI is InChI=1S/C14H10Br4N2O3/c1-6-2-3-9(7(15)4-6)19-14(22)23-20-10-5-8(16)13(21)12(18)11(10)17/h2-5,11-12H,1H3,(H,19,22). The number of oxime groups is 1. The number of alkyl halides is 2. The largest absolute Gasteiger partial charge is 0.437 e. The molecule has 0 fully saturated rings. The Balaban J connectivity index is 2.07. The van der Waals surface area contributed by atoms with Gasteiger partial charge in [-0.15, -0.1) is 0 Å². The highest BCUT2D eigenvalue weighted by Gasteiger charge is 2.33. The van der Waals surface area contributed by atoms with Crippen molar-refractivity contribution in [3.05, 3.63) is 38.8 Å². The number of rotatable bonds is 2. The number of hydrogen-bond acceptors (Lipinski definition) is 4. The van der Waals surface area contributed by atoms with Gasteiger partial charge >= 0.3 is 6.09 Å². The lowest BCUT2D eigenvalue weighted by Gasteiger charge is -2.20. The number of Topliss-reactive ketones (excluding diaryl/α,β-unsaturated/α-hetero) is 1. The van der Waals surface area contributed by atoms with Gasteiger partial charge in [0.05, 0.1) is 25.5 Å². The van der Waals surface area contributed by atoms with Gasteiger partial charge in [0.15, 0.2) is 5.78 Å². The van der Waals surface area contributed by atoms with E-state index in [2.05, 4.69) is 74.2 Å². The van der Waals surface area contributed by atoms with E-state index < -0.39 is 15.7 Å². The number of nitrogens with zero attached hydrogens (tertiary/aromatic N) is 1. The topological polar surface area (TPSA) is 67.8 Å². The molecule has 0 radical (unpaired) electrons. The van der Waals surface area contributed by atoms with E-state index in [9.17, 15) is 9.59 Å². The molecule has 1 aliphatic carbocycles. The van der Waals surface area contributed by atoms with Crippen LogP contribution >= 0.6 is 63.7 Å². The summed E-state index contributed by atoms with van der Waals surface area (Å²) in [4.78, 5) is 27.6. The quantitative estimate of drug-likeness (QED) is 0.306. The van der Waals surface area contributed by atoms with Crippen LogP contribution in [0.4, 0.5) is 10.5 Å². The zero-order valence-electron chi connectivity index (χ0n) is 11.6. The number of ketones is 1. The predicted molar refractivity (Wildman–Crippen MR) is 104 cm³/mol. The molecule has 0 saturated carbocycles. The van der Waals surface area contributed by atoms with Crippen LogP contribution in [0.3, 0.4) is 0 Å². The number of allylic oxidation sites excluding steroid dienone is 2. The van der Waals surface area contributed by atoms with Gasteiger partial charge in [0.2, 0.25) is 0 Å². The molecule has 1 aromatic carbocycles. The van der Waals surface area contributed by atoms with Crippen molar-refractivity contribution in [1.82, 2.24) is 0 Å². The fourth-order valence-corrected chi connectivity index (χ4v) is 4.07. The summed E-state index contributed by atoms with van der Waals surface area (Å²) < 4.78 is 1.10. The molecule has 1 aromatic rings. The van der Waals surface area contributed by atoms with Crippen molar-refractivity contribution in [2.45, 2.75) is 16.6 Å². The average molecular weight is 574 g/mol. The molecule has 9 heteroatoms. The van der Waals surface area contributed by atoms with E-state index in [-0.39, 0.29) is 5.78 Å². The highest BCUT2D eigenvalue weighted by Crippen LogP contribution is 2.28. The minimum Gasteiger partial charge on any atom is -0.297 e. The second-order valence-electron chi connectivity index (χ2n) is 4.66. The molecule has 1 aliphatic rings. The molecule has 0 aliphatic heterocycles. The monoisotopic (exact) mass is 570 g/mol. The van der Waals surface area contributed by atoms with Gasteiger partial charge in [0, 0.05) is 4.47 Å². The van der Waals surface area contributed by atoms with Gasteiger partial charge in [0.1, 0.15) is 0 Å². The molecule has 2 atom stereocenters. The van der Waals surface area contributed by atoms with Crippen LogP contribution in [-0.4, -0.2) is 27.2 Å². The number of carbonyl (C=O) groups is 2. The number of halogens is 4. The fourth-order valence-electron chi connectivity index (χ4n) is 1.72. The minimum atomic E-state index is -0.728. The van der Waals surface area contributed by atoms with Gasteiger partial charge in [-0.3, -0.25) is 14.9 Å². The van der Waals surface area contributed by atoms with Gasteiger partial charge < -0.3 is 0 Å². The fraction of sp³-hybridized carbons (Fsp3) is 0.214. The summed E-state index contributed by atoms with van der Waals surface area (Å²) in [5.41, 5.74) is 2.05. The molecule has 23 heavy (non-hydrogen) atoms. The highest BCUT2D eigenvalue weighted by molar-refractivity contribution is 9.13. The van der Waals surface area contributed by atoms with Crippen molar-refractivity contribution in [2.75, 3.05) is 5.32 Å². The third-order valence-corrected chi connectivity index (χ3v) is 6.82. The molecule has 1 amide bonds. The summed E-state index contributed by atoms with van der Waals surface area (Å²) in [6.45, 7) is 1.94. The molecule has 0 bridgehead atoms. The van der Waals surface area contributed by atoms with Crippen molar-refractivity contribution in [1.29, 1.82) is 0 Å². The van der Waals surface area contributed by atoms with Crippen molar-refractivity contribution in [3.8, 4) is 0 Å². The van der Waals surface area contributed by atoms with Crippen LogP contribution in [-0.2, 0) is 9.63 Å². The van der Waals surface area contributed by atoms with Gasteiger partial charge in [0.25, 0.3) is 0 Å². The zero-order valence-corrected chi connectivity index (χ0v) is 18.0. The summed E-state index contributed by atoms with van der Waals surface area (Å²) in [5.74, 6) is -0.112. The van der Waals surface area contributed by atoms with E-state index >= 15 is 0 Å². The normalized spacial score (nSPS) is 22.7. The Kier molecular flexibility index (Phi) is 6.58. The van der Waals surface area contributed by atoms with Crippen LogP contribution in [0.2, 0.25) is 0 Å². The molecule has 0 spiro atoms. The third kappa shape index (κ3) is 4.74. The highest BCUT2D eigenvalue weighted by atomic mass is 79.9. The number of hydrogen-bond donors (Lipinski definition) is 1. The maximum atomic E-state index is 11.8. The van der Waals surface area contributed by atoms with Crippen LogP contribution in [0.5, 0.6) is 0 Å². The summed E-state index contributed by atoms with van der Waals surface area (Å²) in [5, 5.41) is 6.38. The van der Waals surface area contributed by atoms with Gasteiger partial charge in [-0.1, -0.05) is 43.1 Å². The lowest BCUT2D eigenvalue weighted by atomic mass is 10.0.